The van der Waals surface area contributed by atoms with Gasteiger partial charge < -0.3 is 10.1 Å². The summed E-state index contributed by atoms with van der Waals surface area (Å²) in [5, 5.41) is 4.36. The number of rotatable bonds is 3. The molecular weight excluding hydrogens is 372 g/mol. The molecular formula is C17H14F4N2O2S. The van der Waals surface area contributed by atoms with Crippen LogP contribution in [0.5, 0.6) is 5.75 Å². The Hall–Kier alpha value is -2.68. The number of anilines is 1. The van der Waals surface area contributed by atoms with E-state index >= 15 is 0 Å². The molecule has 0 aromatic heterocycles. The van der Waals surface area contributed by atoms with Crippen molar-refractivity contribution in [2.45, 2.75) is 13.8 Å². The van der Waals surface area contributed by atoms with Crippen LogP contribution >= 0.6 is 12.2 Å². The molecule has 1 amide bonds. The SMILES string of the molecule is COc1c(F)c(F)c(C(=O)NC(=S)Nc2ccc(C)cc2C)c(F)c1F. The maximum absolute atomic E-state index is 13.9. The molecule has 0 fully saturated rings. The lowest BCUT2D eigenvalue weighted by atomic mass is 10.1. The summed E-state index contributed by atoms with van der Waals surface area (Å²) in [7, 11) is 0.836. The lowest BCUT2D eigenvalue weighted by Gasteiger charge is -2.14. The van der Waals surface area contributed by atoms with Crippen LogP contribution in [0.3, 0.4) is 0 Å². The molecule has 0 bridgehead atoms. The Labute approximate surface area is 152 Å². The number of carbonyl (C=O) groups is 1. The molecule has 0 heterocycles. The molecule has 0 aliphatic heterocycles. The first-order chi connectivity index (χ1) is 12.2. The normalized spacial score (nSPS) is 10.4. The van der Waals surface area contributed by atoms with Crippen molar-refractivity contribution >= 4 is 28.9 Å². The van der Waals surface area contributed by atoms with Crippen LogP contribution in [0, 0.1) is 37.1 Å². The van der Waals surface area contributed by atoms with E-state index in [0.29, 0.717) is 5.69 Å². The predicted octanol–water partition coefficient (Wildman–Crippen LogP) is 4.00. The van der Waals surface area contributed by atoms with Crippen molar-refractivity contribution in [2.24, 2.45) is 0 Å². The van der Waals surface area contributed by atoms with Crippen molar-refractivity contribution in [3.8, 4) is 5.75 Å². The molecule has 4 nitrogen and oxygen atoms in total. The predicted molar refractivity (Wildman–Crippen MR) is 92.4 cm³/mol. The van der Waals surface area contributed by atoms with Crippen molar-refractivity contribution in [3.05, 3.63) is 58.2 Å². The number of thiocarbonyl (C=S) groups is 1. The van der Waals surface area contributed by atoms with Gasteiger partial charge in [0.1, 0.15) is 5.56 Å². The van der Waals surface area contributed by atoms with Crippen LogP contribution in [-0.2, 0) is 0 Å². The van der Waals surface area contributed by atoms with Gasteiger partial charge in [-0.2, -0.15) is 8.78 Å². The van der Waals surface area contributed by atoms with Gasteiger partial charge >= 0.3 is 0 Å². The highest BCUT2D eigenvalue weighted by Crippen LogP contribution is 2.29. The van der Waals surface area contributed by atoms with E-state index in [-0.39, 0.29) is 5.11 Å². The number of benzene rings is 2. The maximum atomic E-state index is 13.9. The van der Waals surface area contributed by atoms with E-state index in [1.54, 1.807) is 19.1 Å². The molecule has 26 heavy (non-hydrogen) atoms. The Morgan fingerprint density at radius 2 is 1.62 bits per heavy atom. The van der Waals surface area contributed by atoms with E-state index in [2.05, 4.69) is 10.1 Å². The van der Waals surface area contributed by atoms with Gasteiger partial charge in [0, 0.05) is 5.69 Å². The van der Waals surface area contributed by atoms with E-state index in [1.807, 2.05) is 18.3 Å². The number of amides is 1. The highest BCUT2D eigenvalue weighted by Gasteiger charge is 2.30. The quantitative estimate of drug-likeness (QED) is 0.476. The Morgan fingerprint density at radius 3 is 2.12 bits per heavy atom. The second kappa shape index (κ2) is 7.69. The molecule has 2 N–H and O–H groups in total. The third-order valence-electron chi connectivity index (χ3n) is 3.51. The largest absolute Gasteiger partial charge is 0.491 e. The van der Waals surface area contributed by atoms with Gasteiger partial charge in [0.25, 0.3) is 5.91 Å². The van der Waals surface area contributed by atoms with Crippen molar-refractivity contribution in [2.75, 3.05) is 12.4 Å². The van der Waals surface area contributed by atoms with Gasteiger partial charge in [-0.1, -0.05) is 17.7 Å². The van der Waals surface area contributed by atoms with Crippen LogP contribution in [0.15, 0.2) is 18.2 Å². The summed E-state index contributed by atoms with van der Waals surface area (Å²) in [6.45, 7) is 3.67. The van der Waals surface area contributed by atoms with E-state index < -0.39 is 40.5 Å². The maximum Gasteiger partial charge on any atom is 0.263 e. The minimum atomic E-state index is -1.88. The molecule has 0 saturated carbocycles. The average molecular weight is 386 g/mol. The molecule has 0 atom stereocenters. The van der Waals surface area contributed by atoms with Crippen molar-refractivity contribution < 1.29 is 27.1 Å². The van der Waals surface area contributed by atoms with Gasteiger partial charge in [-0.15, -0.1) is 0 Å². The minimum Gasteiger partial charge on any atom is -0.491 e. The van der Waals surface area contributed by atoms with Gasteiger partial charge in [-0.3, -0.25) is 10.1 Å². The monoisotopic (exact) mass is 386 g/mol. The van der Waals surface area contributed by atoms with Crippen molar-refractivity contribution in [1.82, 2.24) is 5.32 Å². The lowest BCUT2D eigenvalue weighted by molar-refractivity contribution is 0.0966. The number of hydrogen-bond donors (Lipinski definition) is 2. The highest BCUT2D eigenvalue weighted by atomic mass is 32.1. The molecule has 0 saturated heterocycles. The molecule has 0 spiro atoms. The molecule has 2 rings (SSSR count). The Balaban J connectivity index is 2.26. The number of hydrogen-bond acceptors (Lipinski definition) is 3. The molecule has 9 heteroatoms. The molecule has 0 radical (unpaired) electrons. The Kier molecular flexibility index (Phi) is 5.81. The fourth-order valence-corrected chi connectivity index (χ4v) is 2.47. The Morgan fingerprint density at radius 1 is 1.04 bits per heavy atom. The van der Waals surface area contributed by atoms with Crippen molar-refractivity contribution in [3.63, 3.8) is 0 Å². The molecule has 2 aromatic carbocycles. The van der Waals surface area contributed by atoms with E-state index in [1.165, 1.54) is 0 Å². The zero-order valence-corrected chi connectivity index (χ0v) is 14.8. The van der Waals surface area contributed by atoms with Gasteiger partial charge in [-0.25, -0.2) is 8.78 Å². The number of carbonyl (C=O) groups excluding carboxylic acids is 1. The van der Waals surface area contributed by atoms with Crippen LogP contribution in [0.25, 0.3) is 0 Å². The van der Waals surface area contributed by atoms with E-state index in [4.69, 9.17) is 12.2 Å². The second-order valence-electron chi connectivity index (χ2n) is 5.39. The molecule has 0 aliphatic carbocycles. The number of aryl methyl sites for hydroxylation is 2. The van der Waals surface area contributed by atoms with Gasteiger partial charge in [0.2, 0.25) is 11.6 Å². The first-order valence-corrected chi connectivity index (χ1v) is 7.67. The lowest BCUT2D eigenvalue weighted by Crippen LogP contribution is -2.35. The summed E-state index contributed by atoms with van der Waals surface area (Å²) < 4.78 is 59.5. The minimum absolute atomic E-state index is 0.294. The van der Waals surface area contributed by atoms with Crippen molar-refractivity contribution in [1.29, 1.82) is 0 Å². The van der Waals surface area contributed by atoms with Crippen LogP contribution < -0.4 is 15.4 Å². The number of nitrogens with one attached hydrogen (secondary N) is 2. The number of methoxy groups -OCH3 is 1. The molecule has 0 aliphatic rings. The summed E-state index contributed by atoms with van der Waals surface area (Å²) in [5.74, 6) is -10.1. The summed E-state index contributed by atoms with van der Waals surface area (Å²) in [6, 6.07) is 5.32. The summed E-state index contributed by atoms with van der Waals surface area (Å²) >= 11 is 4.91. The zero-order valence-electron chi connectivity index (χ0n) is 14.0. The third-order valence-corrected chi connectivity index (χ3v) is 3.72. The number of halogens is 4. The second-order valence-corrected chi connectivity index (χ2v) is 5.80. The van der Waals surface area contributed by atoms with E-state index in [0.717, 1.165) is 18.2 Å². The van der Waals surface area contributed by atoms with E-state index in [9.17, 15) is 22.4 Å². The topological polar surface area (TPSA) is 50.4 Å². The summed E-state index contributed by atoms with van der Waals surface area (Å²) in [5.41, 5.74) is 0.913. The average Bonchev–Trinajstić information content (AvgIpc) is 2.56. The number of ether oxygens (including phenoxy) is 1. The first kappa shape index (κ1) is 19.6. The fourth-order valence-electron chi connectivity index (χ4n) is 2.26. The molecule has 138 valence electrons. The molecule has 2 aromatic rings. The summed E-state index contributed by atoms with van der Waals surface area (Å²) in [6.07, 6.45) is 0. The van der Waals surface area contributed by atoms with Gasteiger partial charge in [0.15, 0.2) is 22.5 Å². The van der Waals surface area contributed by atoms with Crippen LogP contribution in [0.2, 0.25) is 0 Å². The fraction of sp³-hybridized carbons (Fsp3) is 0.176. The van der Waals surface area contributed by atoms with Crippen LogP contribution in [0.4, 0.5) is 23.2 Å². The van der Waals surface area contributed by atoms with Gasteiger partial charge in [0.05, 0.1) is 7.11 Å². The highest BCUT2D eigenvalue weighted by molar-refractivity contribution is 7.80. The third kappa shape index (κ3) is 3.77. The zero-order chi connectivity index (χ0) is 19.6. The first-order valence-electron chi connectivity index (χ1n) is 7.26. The van der Waals surface area contributed by atoms with Crippen LogP contribution in [0.1, 0.15) is 21.5 Å². The standard InChI is InChI=1S/C17H14F4N2O2S/c1-7-4-5-9(8(2)6-7)22-17(26)23-16(24)10-11(18)13(20)15(25-3)14(21)12(10)19/h4-6H,1-3H3,(H2,22,23,24,26). The summed E-state index contributed by atoms with van der Waals surface area (Å²) in [4.78, 5) is 12.0. The Bertz CT molecular complexity index is 874. The smallest absolute Gasteiger partial charge is 0.263 e. The van der Waals surface area contributed by atoms with Gasteiger partial charge in [-0.05, 0) is 37.7 Å². The molecule has 0 unspecified atom stereocenters. The van der Waals surface area contributed by atoms with Crippen LogP contribution in [-0.4, -0.2) is 18.1 Å².